The minimum absolute atomic E-state index is 0.00952. The van der Waals surface area contributed by atoms with Crippen LogP contribution in [0.3, 0.4) is 0 Å². The molecule has 0 atom stereocenters. The zero-order chi connectivity index (χ0) is 16.8. The van der Waals surface area contributed by atoms with Crippen molar-refractivity contribution in [3.8, 4) is 0 Å². The molecule has 3 nitrogen and oxygen atoms in total. The Balaban J connectivity index is 1.91. The number of anilines is 2. The number of carbonyl (C=O) groups is 1. The first-order valence-corrected chi connectivity index (χ1v) is 8.65. The van der Waals surface area contributed by atoms with Crippen molar-refractivity contribution in [2.75, 3.05) is 17.2 Å². The van der Waals surface area contributed by atoms with Crippen LogP contribution in [0.2, 0.25) is 0 Å². The molecular formula is C19H23BrN2O. The van der Waals surface area contributed by atoms with E-state index in [2.05, 4.69) is 65.5 Å². The van der Waals surface area contributed by atoms with E-state index in [1.54, 1.807) is 0 Å². The Labute approximate surface area is 146 Å². The number of halogens is 1. The van der Waals surface area contributed by atoms with Crippen LogP contribution >= 0.6 is 15.9 Å². The van der Waals surface area contributed by atoms with E-state index in [0.717, 1.165) is 15.8 Å². The predicted molar refractivity (Wildman–Crippen MR) is 101 cm³/mol. The average Bonchev–Trinajstić information content (AvgIpc) is 2.48. The van der Waals surface area contributed by atoms with Crippen LogP contribution in [-0.4, -0.2) is 12.5 Å². The number of carbonyl (C=O) groups excluding carboxylic acids is 1. The zero-order valence-corrected chi connectivity index (χ0v) is 15.4. The molecule has 0 bridgehead atoms. The molecule has 0 saturated carbocycles. The quantitative estimate of drug-likeness (QED) is 0.717. The van der Waals surface area contributed by atoms with Gasteiger partial charge in [-0.3, -0.25) is 4.79 Å². The van der Waals surface area contributed by atoms with Crippen molar-refractivity contribution in [3.63, 3.8) is 0 Å². The van der Waals surface area contributed by atoms with Crippen molar-refractivity contribution in [1.29, 1.82) is 0 Å². The van der Waals surface area contributed by atoms with Crippen LogP contribution in [0.15, 0.2) is 46.9 Å². The molecule has 0 aromatic heterocycles. The first-order chi connectivity index (χ1) is 11.0. The smallest absolute Gasteiger partial charge is 0.226 e. The average molecular weight is 375 g/mol. The van der Waals surface area contributed by atoms with E-state index in [-0.39, 0.29) is 5.91 Å². The summed E-state index contributed by atoms with van der Waals surface area (Å²) in [5.74, 6) is 0.461. The molecule has 0 saturated heterocycles. The van der Waals surface area contributed by atoms with Gasteiger partial charge in [-0.15, -0.1) is 0 Å². The second kappa shape index (κ2) is 8.16. The van der Waals surface area contributed by atoms with Gasteiger partial charge in [0.15, 0.2) is 0 Å². The fourth-order valence-electron chi connectivity index (χ4n) is 2.50. The van der Waals surface area contributed by atoms with Crippen molar-refractivity contribution in [1.82, 2.24) is 0 Å². The molecule has 0 aliphatic heterocycles. The molecule has 23 heavy (non-hydrogen) atoms. The van der Waals surface area contributed by atoms with E-state index in [4.69, 9.17) is 0 Å². The molecule has 0 aliphatic carbocycles. The largest absolute Gasteiger partial charge is 0.384 e. The van der Waals surface area contributed by atoms with Gasteiger partial charge in [0, 0.05) is 28.8 Å². The number of amides is 1. The van der Waals surface area contributed by atoms with Crippen LogP contribution < -0.4 is 10.6 Å². The van der Waals surface area contributed by atoms with E-state index in [1.165, 1.54) is 11.1 Å². The van der Waals surface area contributed by atoms with Crippen LogP contribution in [0.1, 0.15) is 37.3 Å². The summed E-state index contributed by atoms with van der Waals surface area (Å²) in [7, 11) is 0. The summed E-state index contributed by atoms with van der Waals surface area (Å²) in [5, 5.41) is 6.33. The van der Waals surface area contributed by atoms with Crippen molar-refractivity contribution in [2.24, 2.45) is 0 Å². The number of hydrogen-bond acceptors (Lipinski definition) is 2. The van der Waals surface area contributed by atoms with E-state index in [9.17, 15) is 4.79 Å². The lowest BCUT2D eigenvalue weighted by Crippen LogP contribution is -2.17. The van der Waals surface area contributed by atoms with Gasteiger partial charge in [-0.05, 0) is 42.2 Å². The zero-order valence-electron chi connectivity index (χ0n) is 13.8. The van der Waals surface area contributed by atoms with Gasteiger partial charge in [-0.25, -0.2) is 0 Å². The fraction of sp³-hybridized carbons (Fsp3) is 0.316. The van der Waals surface area contributed by atoms with Gasteiger partial charge in [0.25, 0.3) is 0 Å². The first kappa shape index (κ1) is 17.5. The number of benzene rings is 2. The lowest BCUT2D eigenvalue weighted by atomic mass is 9.98. The van der Waals surface area contributed by atoms with Gasteiger partial charge in [0.1, 0.15) is 0 Å². The third-order valence-electron chi connectivity index (χ3n) is 3.69. The molecule has 1 amide bonds. The van der Waals surface area contributed by atoms with Crippen LogP contribution in [0.25, 0.3) is 0 Å². The Bertz CT molecular complexity index is 683. The minimum atomic E-state index is 0.00952. The molecule has 0 fully saturated rings. The van der Waals surface area contributed by atoms with Crippen molar-refractivity contribution < 1.29 is 4.79 Å². The highest BCUT2D eigenvalue weighted by atomic mass is 79.9. The molecular weight excluding hydrogens is 352 g/mol. The SMILES string of the molecule is Cc1cccc(C(C)C)c1NCCC(=O)Nc1cccc(Br)c1. The van der Waals surface area contributed by atoms with E-state index in [1.807, 2.05) is 24.3 Å². The highest BCUT2D eigenvalue weighted by Gasteiger charge is 2.09. The minimum Gasteiger partial charge on any atom is -0.384 e. The summed E-state index contributed by atoms with van der Waals surface area (Å²) in [6.45, 7) is 7.07. The molecule has 2 rings (SSSR count). The second-order valence-corrected chi connectivity index (χ2v) is 6.84. The van der Waals surface area contributed by atoms with Gasteiger partial charge in [-0.1, -0.05) is 54.0 Å². The molecule has 0 unspecified atom stereocenters. The van der Waals surface area contributed by atoms with Crippen LogP contribution in [-0.2, 0) is 4.79 Å². The normalized spacial score (nSPS) is 10.7. The number of rotatable bonds is 6. The summed E-state index contributed by atoms with van der Waals surface area (Å²) < 4.78 is 0.954. The van der Waals surface area contributed by atoms with Crippen LogP contribution in [0, 0.1) is 6.92 Å². The molecule has 0 radical (unpaired) electrons. The molecule has 122 valence electrons. The van der Waals surface area contributed by atoms with Crippen molar-refractivity contribution >= 4 is 33.2 Å². The Morgan fingerprint density at radius 2 is 1.91 bits per heavy atom. The highest BCUT2D eigenvalue weighted by molar-refractivity contribution is 9.10. The molecule has 0 heterocycles. The summed E-state index contributed by atoms with van der Waals surface area (Å²) >= 11 is 3.40. The number of para-hydroxylation sites is 1. The topological polar surface area (TPSA) is 41.1 Å². The molecule has 2 aromatic carbocycles. The van der Waals surface area contributed by atoms with Gasteiger partial charge in [0.2, 0.25) is 5.91 Å². The van der Waals surface area contributed by atoms with E-state index >= 15 is 0 Å². The first-order valence-electron chi connectivity index (χ1n) is 7.86. The Hall–Kier alpha value is -1.81. The third kappa shape index (κ3) is 5.10. The number of hydrogen-bond donors (Lipinski definition) is 2. The molecule has 4 heteroatoms. The Kier molecular flexibility index (Phi) is 6.22. The molecule has 0 spiro atoms. The third-order valence-corrected chi connectivity index (χ3v) is 4.18. The maximum Gasteiger partial charge on any atom is 0.226 e. The van der Waals surface area contributed by atoms with Gasteiger partial charge < -0.3 is 10.6 Å². The summed E-state index contributed by atoms with van der Waals surface area (Å²) in [4.78, 5) is 12.1. The van der Waals surface area contributed by atoms with E-state index in [0.29, 0.717) is 18.9 Å². The maximum atomic E-state index is 12.1. The number of aryl methyl sites for hydroxylation is 1. The maximum absolute atomic E-state index is 12.1. The summed E-state index contributed by atoms with van der Waals surface area (Å²) in [6, 6.07) is 13.9. The standard InChI is InChI=1S/C19H23BrN2O/c1-13(2)17-9-4-6-14(3)19(17)21-11-10-18(23)22-16-8-5-7-15(20)12-16/h4-9,12-13,21H,10-11H2,1-3H3,(H,22,23). The second-order valence-electron chi connectivity index (χ2n) is 5.93. The van der Waals surface area contributed by atoms with Crippen LogP contribution in [0.5, 0.6) is 0 Å². The van der Waals surface area contributed by atoms with Gasteiger partial charge >= 0.3 is 0 Å². The van der Waals surface area contributed by atoms with Crippen molar-refractivity contribution in [2.45, 2.75) is 33.1 Å². The molecule has 2 aromatic rings. The lowest BCUT2D eigenvalue weighted by Gasteiger charge is -2.17. The van der Waals surface area contributed by atoms with E-state index < -0.39 is 0 Å². The molecule has 0 aliphatic rings. The Morgan fingerprint density at radius 1 is 1.17 bits per heavy atom. The van der Waals surface area contributed by atoms with Crippen molar-refractivity contribution in [3.05, 3.63) is 58.1 Å². The lowest BCUT2D eigenvalue weighted by molar-refractivity contribution is -0.115. The monoisotopic (exact) mass is 374 g/mol. The van der Waals surface area contributed by atoms with Crippen LogP contribution in [0.4, 0.5) is 11.4 Å². The predicted octanol–water partition coefficient (Wildman–Crippen LogP) is 5.32. The highest BCUT2D eigenvalue weighted by Crippen LogP contribution is 2.27. The fourth-order valence-corrected chi connectivity index (χ4v) is 2.90. The molecule has 2 N–H and O–H groups in total. The number of nitrogens with one attached hydrogen (secondary N) is 2. The summed E-state index contributed by atoms with van der Waals surface area (Å²) in [5.41, 5.74) is 4.46. The van der Waals surface area contributed by atoms with Gasteiger partial charge in [-0.2, -0.15) is 0 Å². The van der Waals surface area contributed by atoms with Gasteiger partial charge in [0.05, 0.1) is 0 Å². The Morgan fingerprint density at radius 3 is 2.61 bits per heavy atom. The summed E-state index contributed by atoms with van der Waals surface area (Å²) in [6.07, 6.45) is 0.429.